The molecule has 156 valence electrons. The van der Waals surface area contributed by atoms with Crippen LogP contribution in [0.15, 0.2) is 54.2 Å². The first-order chi connectivity index (χ1) is 15.2. The van der Waals surface area contributed by atoms with Crippen LogP contribution in [0.2, 0.25) is 0 Å². The van der Waals surface area contributed by atoms with Crippen molar-refractivity contribution >= 4 is 27.5 Å². The number of aryl methyl sites for hydroxylation is 1. The monoisotopic (exact) mass is 433 g/mol. The minimum atomic E-state index is -0.239. The number of thiophene rings is 1. The Kier molecular flexibility index (Phi) is 5.13. The number of hydrogen-bond donors (Lipinski definition) is 1. The fourth-order valence-corrected chi connectivity index (χ4v) is 4.25. The summed E-state index contributed by atoms with van der Waals surface area (Å²) in [5.41, 5.74) is 4.16. The predicted octanol–water partition coefficient (Wildman–Crippen LogP) is 4.09. The van der Waals surface area contributed by atoms with E-state index in [2.05, 4.69) is 46.5 Å². The zero-order valence-electron chi connectivity index (χ0n) is 16.8. The van der Waals surface area contributed by atoms with Gasteiger partial charge in [0.2, 0.25) is 12.7 Å². The van der Waals surface area contributed by atoms with E-state index in [0.717, 1.165) is 26.9 Å². The van der Waals surface area contributed by atoms with Crippen LogP contribution in [0.4, 0.5) is 0 Å². The third-order valence-corrected chi connectivity index (χ3v) is 5.85. The minimum Gasteiger partial charge on any atom is -0.467 e. The molecular formula is C23H19N3O4S. The molecular weight excluding hydrogens is 414 g/mol. The molecule has 2 aromatic carbocycles. The highest BCUT2D eigenvalue weighted by Gasteiger charge is 2.16. The Bertz CT molecular complexity index is 1250. The molecule has 0 bridgehead atoms. The summed E-state index contributed by atoms with van der Waals surface area (Å²) in [4.78, 5) is 21.8. The summed E-state index contributed by atoms with van der Waals surface area (Å²) in [6, 6.07) is 13.8. The molecule has 0 radical (unpaired) electrons. The number of nitrogens with zero attached hydrogens (tertiary/aromatic N) is 2. The van der Waals surface area contributed by atoms with E-state index in [1.165, 1.54) is 23.2 Å². The summed E-state index contributed by atoms with van der Waals surface area (Å²) in [7, 11) is 0. The van der Waals surface area contributed by atoms with Crippen LogP contribution >= 0.6 is 11.3 Å². The van der Waals surface area contributed by atoms with Crippen molar-refractivity contribution in [2.24, 2.45) is 0 Å². The lowest BCUT2D eigenvalue weighted by molar-refractivity contribution is -0.123. The van der Waals surface area contributed by atoms with Crippen LogP contribution in [0.25, 0.3) is 21.3 Å². The smallest absolute Gasteiger partial charge is 0.258 e. The van der Waals surface area contributed by atoms with Crippen molar-refractivity contribution in [3.63, 3.8) is 0 Å². The number of hydrogen-bond acceptors (Lipinski definition) is 7. The molecule has 5 rings (SSSR count). The second-order valence-corrected chi connectivity index (χ2v) is 7.99. The molecule has 0 atom stereocenters. The quantitative estimate of drug-likeness (QED) is 0.493. The highest BCUT2D eigenvalue weighted by Crippen LogP contribution is 2.37. The van der Waals surface area contributed by atoms with Crippen molar-refractivity contribution in [3.05, 3.63) is 65.3 Å². The van der Waals surface area contributed by atoms with Crippen molar-refractivity contribution in [1.82, 2.24) is 15.3 Å². The van der Waals surface area contributed by atoms with E-state index in [4.69, 9.17) is 14.2 Å². The highest BCUT2D eigenvalue weighted by atomic mass is 32.1. The van der Waals surface area contributed by atoms with Gasteiger partial charge < -0.3 is 19.5 Å². The molecule has 1 amide bonds. The van der Waals surface area contributed by atoms with E-state index in [9.17, 15) is 4.79 Å². The highest BCUT2D eigenvalue weighted by molar-refractivity contribution is 7.17. The number of aromatic nitrogens is 2. The van der Waals surface area contributed by atoms with Gasteiger partial charge in [-0.15, -0.1) is 11.3 Å². The Hall–Kier alpha value is -3.65. The van der Waals surface area contributed by atoms with E-state index in [1.807, 2.05) is 23.6 Å². The normalized spacial score (nSPS) is 12.2. The Labute approximate surface area is 182 Å². The van der Waals surface area contributed by atoms with Gasteiger partial charge >= 0.3 is 0 Å². The van der Waals surface area contributed by atoms with Gasteiger partial charge in [-0.1, -0.05) is 35.9 Å². The van der Waals surface area contributed by atoms with Crippen LogP contribution in [0, 0.1) is 6.92 Å². The molecule has 0 fully saturated rings. The van der Waals surface area contributed by atoms with Crippen LogP contribution in [-0.2, 0) is 11.3 Å². The van der Waals surface area contributed by atoms with Crippen molar-refractivity contribution in [2.75, 3.05) is 13.4 Å². The number of carbonyl (C=O) groups excluding carboxylic acids is 1. The number of rotatable bonds is 6. The maximum absolute atomic E-state index is 12.4. The first-order valence-electron chi connectivity index (χ1n) is 9.74. The predicted molar refractivity (Wildman–Crippen MR) is 117 cm³/mol. The van der Waals surface area contributed by atoms with E-state index < -0.39 is 0 Å². The Morgan fingerprint density at radius 2 is 1.97 bits per heavy atom. The third-order valence-electron chi connectivity index (χ3n) is 4.96. The Morgan fingerprint density at radius 3 is 2.84 bits per heavy atom. The summed E-state index contributed by atoms with van der Waals surface area (Å²) in [5, 5.41) is 5.71. The van der Waals surface area contributed by atoms with Gasteiger partial charge in [0.05, 0.1) is 5.39 Å². The van der Waals surface area contributed by atoms with Gasteiger partial charge in [-0.3, -0.25) is 4.79 Å². The maximum Gasteiger partial charge on any atom is 0.258 e. The average molecular weight is 433 g/mol. The van der Waals surface area contributed by atoms with Crippen LogP contribution < -0.4 is 19.5 Å². The first kappa shape index (κ1) is 19.3. The number of fused-ring (bicyclic) bond motifs is 2. The lowest BCUT2D eigenvalue weighted by atomic mass is 10.0. The van der Waals surface area contributed by atoms with Crippen molar-refractivity contribution < 1.29 is 19.0 Å². The molecule has 1 aliphatic heterocycles. The summed E-state index contributed by atoms with van der Waals surface area (Å²) in [6.45, 7) is 2.50. The fourth-order valence-electron chi connectivity index (χ4n) is 3.34. The van der Waals surface area contributed by atoms with Gasteiger partial charge in [-0.25, -0.2) is 9.97 Å². The molecule has 0 spiro atoms. The summed E-state index contributed by atoms with van der Waals surface area (Å²) in [6.07, 6.45) is 1.46. The standard InChI is InChI=1S/C23H19N3O4S/c1-14-2-5-16(6-3-14)17-11-31-23-21(17)22(25-12-26-23)28-10-20(27)24-9-15-4-7-18-19(8-15)30-13-29-18/h2-8,11-12H,9-10,13H2,1H3,(H,24,27). The summed E-state index contributed by atoms with van der Waals surface area (Å²) in [5.74, 6) is 1.57. The van der Waals surface area contributed by atoms with Crippen LogP contribution in [0.1, 0.15) is 11.1 Å². The number of amides is 1. The molecule has 0 unspecified atom stereocenters. The lowest BCUT2D eigenvalue weighted by Gasteiger charge is -2.09. The molecule has 0 saturated carbocycles. The zero-order chi connectivity index (χ0) is 21.2. The summed E-state index contributed by atoms with van der Waals surface area (Å²) >= 11 is 1.52. The van der Waals surface area contributed by atoms with E-state index in [-0.39, 0.29) is 19.3 Å². The Morgan fingerprint density at radius 1 is 1.13 bits per heavy atom. The van der Waals surface area contributed by atoms with Crippen LogP contribution in [0.3, 0.4) is 0 Å². The van der Waals surface area contributed by atoms with E-state index in [0.29, 0.717) is 23.9 Å². The largest absolute Gasteiger partial charge is 0.467 e. The van der Waals surface area contributed by atoms with Gasteiger partial charge in [0.1, 0.15) is 11.2 Å². The minimum absolute atomic E-state index is 0.139. The fraction of sp³-hybridized carbons (Fsp3) is 0.174. The second kappa shape index (κ2) is 8.23. The molecule has 3 heterocycles. The van der Waals surface area contributed by atoms with Gasteiger partial charge in [-0.2, -0.15) is 0 Å². The second-order valence-electron chi connectivity index (χ2n) is 7.13. The zero-order valence-corrected chi connectivity index (χ0v) is 17.6. The molecule has 8 heteroatoms. The molecule has 1 aliphatic rings. The van der Waals surface area contributed by atoms with Crippen molar-refractivity contribution in [1.29, 1.82) is 0 Å². The molecule has 1 N–H and O–H groups in total. The summed E-state index contributed by atoms with van der Waals surface area (Å²) < 4.78 is 16.5. The third kappa shape index (κ3) is 4.02. The number of nitrogens with one attached hydrogen (secondary N) is 1. The number of carbonyl (C=O) groups is 1. The molecule has 4 aromatic rings. The lowest BCUT2D eigenvalue weighted by Crippen LogP contribution is -2.28. The topological polar surface area (TPSA) is 82.6 Å². The van der Waals surface area contributed by atoms with Gasteiger partial charge in [0.15, 0.2) is 18.1 Å². The van der Waals surface area contributed by atoms with Gasteiger partial charge in [0, 0.05) is 17.5 Å². The molecule has 31 heavy (non-hydrogen) atoms. The Balaban J connectivity index is 1.27. The number of ether oxygens (including phenoxy) is 3. The molecule has 0 saturated heterocycles. The van der Waals surface area contributed by atoms with Crippen LogP contribution in [-0.4, -0.2) is 29.3 Å². The molecule has 2 aromatic heterocycles. The van der Waals surface area contributed by atoms with Crippen molar-refractivity contribution in [2.45, 2.75) is 13.5 Å². The molecule has 7 nitrogen and oxygen atoms in total. The number of benzene rings is 2. The first-order valence-corrected chi connectivity index (χ1v) is 10.6. The van der Waals surface area contributed by atoms with E-state index >= 15 is 0 Å². The SMILES string of the molecule is Cc1ccc(-c2csc3ncnc(OCC(=O)NCc4ccc5c(c4)OCO5)c23)cc1. The van der Waals surface area contributed by atoms with Gasteiger partial charge in [-0.05, 0) is 30.2 Å². The molecule has 0 aliphatic carbocycles. The maximum atomic E-state index is 12.4. The average Bonchev–Trinajstić information content (AvgIpc) is 3.43. The van der Waals surface area contributed by atoms with E-state index in [1.54, 1.807) is 0 Å². The van der Waals surface area contributed by atoms with Crippen LogP contribution in [0.5, 0.6) is 17.4 Å². The van der Waals surface area contributed by atoms with Crippen molar-refractivity contribution in [3.8, 4) is 28.5 Å². The van der Waals surface area contributed by atoms with Gasteiger partial charge in [0.25, 0.3) is 5.91 Å².